The van der Waals surface area contributed by atoms with Crippen molar-refractivity contribution in [1.82, 2.24) is 5.32 Å². The second-order valence-corrected chi connectivity index (χ2v) is 5.82. The minimum atomic E-state index is 0.584. The molecule has 0 saturated heterocycles. The normalized spacial score (nSPS) is 10.6. The van der Waals surface area contributed by atoms with Crippen LogP contribution in [0.3, 0.4) is 0 Å². The highest BCUT2D eigenvalue weighted by Gasteiger charge is 2.08. The zero-order valence-electron chi connectivity index (χ0n) is 12.2. The van der Waals surface area contributed by atoms with Crippen molar-refractivity contribution in [2.75, 3.05) is 7.05 Å². The van der Waals surface area contributed by atoms with Crippen LogP contribution < -0.4 is 10.1 Å². The Bertz CT molecular complexity index is 596. The average Bonchev–Trinajstić information content (AvgIpc) is 2.42. The molecule has 0 atom stereocenters. The van der Waals surface area contributed by atoms with Crippen LogP contribution in [0.4, 0.5) is 0 Å². The third-order valence-corrected chi connectivity index (χ3v) is 3.99. The van der Waals surface area contributed by atoms with Crippen molar-refractivity contribution in [3.63, 3.8) is 0 Å². The summed E-state index contributed by atoms with van der Waals surface area (Å²) >= 11 is 3.56. The lowest BCUT2D eigenvalue weighted by Gasteiger charge is -2.14. The minimum absolute atomic E-state index is 0.584. The van der Waals surface area contributed by atoms with E-state index in [0.29, 0.717) is 6.61 Å². The molecule has 0 bridgehead atoms. The average molecular weight is 334 g/mol. The number of rotatable bonds is 5. The summed E-state index contributed by atoms with van der Waals surface area (Å²) < 4.78 is 7.01. The molecule has 1 N–H and O–H groups in total. The second-order valence-electron chi connectivity index (χ2n) is 4.97. The molecule has 0 aromatic heterocycles. The summed E-state index contributed by atoms with van der Waals surface area (Å²) in [6, 6.07) is 12.6. The zero-order chi connectivity index (χ0) is 14.5. The van der Waals surface area contributed by atoms with Crippen LogP contribution in [0, 0.1) is 13.8 Å². The monoisotopic (exact) mass is 333 g/mol. The summed E-state index contributed by atoms with van der Waals surface area (Å²) in [5.41, 5.74) is 4.96. The SMILES string of the molecule is CNCc1cccc(Br)c1OCc1ccc(C)c(C)c1. The number of benzene rings is 2. The van der Waals surface area contributed by atoms with E-state index in [9.17, 15) is 0 Å². The van der Waals surface area contributed by atoms with E-state index in [1.807, 2.05) is 19.2 Å². The first kappa shape index (κ1) is 15.1. The maximum atomic E-state index is 6.01. The van der Waals surface area contributed by atoms with Crippen molar-refractivity contribution in [3.8, 4) is 5.75 Å². The van der Waals surface area contributed by atoms with Gasteiger partial charge in [-0.05, 0) is 59.6 Å². The summed E-state index contributed by atoms with van der Waals surface area (Å²) in [5.74, 6) is 0.917. The number of aryl methyl sites for hydroxylation is 2. The fraction of sp³-hybridized carbons (Fsp3) is 0.294. The summed E-state index contributed by atoms with van der Waals surface area (Å²) in [6.07, 6.45) is 0. The van der Waals surface area contributed by atoms with Crippen molar-refractivity contribution < 1.29 is 4.74 Å². The molecule has 3 heteroatoms. The predicted molar refractivity (Wildman–Crippen MR) is 87.2 cm³/mol. The van der Waals surface area contributed by atoms with Crippen LogP contribution in [-0.2, 0) is 13.2 Å². The topological polar surface area (TPSA) is 21.3 Å². The van der Waals surface area contributed by atoms with E-state index >= 15 is 0 Å². The van der Waals surface area contributed by atoms with Crippen LogP contribution in [0.2, 0.25) is 0 Å². The van der Waals surface area contributed by atoms with E-state index in [2.05, 4.69) is 59.4 Å². The first-order valence-electron chi connectivity index (χ1n) is 6.72. The molecule has 2 aromatic carbocycles. The van der Waals surface area contributed by atoms with Gasteiger partial charge in [-0.2, -0.15) is 0 Å². The molecular formula is C17H20BrNO. The van der Waals surface area contributed by atoms with Gasteiger partial charge in [0.2, 0.25) is 0 Å². The molecule has 0 spiro atoms. The zero-order valence-corrected chi connectivity index (χ0v) is 13.8. The molecule has 0 unspecified atom stereocenters. The van der Waals surface area contributed by atoms with Crippen LogP contribution in [0.5, 0.6) is 5.75 Å². The number of hydrogen-bond acceptors (Lipinski definition) is 2. The molecule has 106 valence electrons. The van der Waals surface area contributed by atoms with Gasteiger partial charge in [-0.25, -0.2) is 0 Å². The first-order chi connectivity index (χ1) is 9.61. The van der Waals surface area contributed by atoms with E-state index in [0.717, 1.165) is 22.3 Å². The number of para-hydroxylation sites is 1. The summed E-state index contributed by atoms with van der Waals surface area (Å²) in [7, 11) is 1.94. The lowest BCUT2D eigenvalue weighted by atomic mass is 10.1. The third-order valence-electron chi connectivity index (χ3n) is 3.37. The molecule has 0 heterocycles. The number of halogens is 1. The molecule has 0 aliphatic rings. The van der Waals surface area contributed by atoms with Crippen LogP contribution >= 0.6 is 15.9 Å². The van der Waals surface area contributed by atoms with Gasteiger partial charge in [0.15, 0.2) is 0 Å². The smallest absolute Gasteiger partial charge is 0.138 e. The van der Waals surface area contributed by atoms with Crippen molar-refractivity contribution in [2.45, 2.75) is 27.0 Å². The van der Waals surface area contributed by atoms with Crippen LogP contribution in [0.15, 0.2) is 40.9 Å². The van der Waals surface area contributed by atoms with Gasteiger partial charge in [0.05, 0.1) is 4.47 Å². The van der Waals surface area contributed by atoms with Gasteiger partial charge < -0.3 is 10.1 Å². The summed E-state index contributed by atoms with van der Waals surface area (Å²) in [6.45, 7) is 5.63. The third kappa shape index (κ3) is 3.62. The van der Waals surface area contributed by atoms with Crippen molar-refractivity contribution in [3.05, 3.63) is 63.1 Å². The van der Waals surface area contributed by atoms with Gasteiger partial charge in [-0.1, -0.05) is 30.3 Å². The molecule has 0 aliphatic heterocycles. The molecule has 0 fully saturated rings. The molecular weight excluding hydrogens is 314 g/mol. The highest BCUT2D eigenvalue weighted by atomic mass is 79.9. The van der Waals surface area contributed by atoms with E-state index in [1.165, 1.54) is 16.7 Å². The van der Waals surface area contributed by atoms with E-state index in [1.54, 1.807) is 0 Å². The van der Waals surface area contributed by atoms with E-state index in [-0.39, 0.29) is 0 Å². The Labute approximate surface area is 129 Å². The van der Waals surface area contributed by atoms with Gasteiger partial charge in [0.25, 0.3) is 0 Å². The van der Waals surface area contributed by atoms with Crippen LogP contribution in [0.25, 0.3) is 0 Å². The van der Waals surface area contributed by atoms with Crippen LogP contribution in [-0.4, -0.2) is 7.05 Å². The van der Waals surface area contributed by atoms with Gasteiger partial charge in [-0.3, -0.25) is 0 Å². The minimum Gasteiger partial charge on any atom is -0.487 e. The van der Waals surface area contributed by atoms with Gasteiger partial charge in [-0.15, -0.1) is 0 Å². The Morgan fingerprint density at radius 1 is 1.10 bits per heavy atom. The molecule has 20 heavy (non-hydrogen) atoms. The largest absolute Gasteiger partial charge is 0.487 e. The highest BCUT2D eigenvalue weighted by Crippen LogP contribution is 2.30. The molecule has 0 radical (unpaired) electrons. The molecule has 0 saturated carbocycles. The maximum Gasteiger partial charge on any atom is 0.138 e. The Kier molecular flexibility index (Phi) is 5.21. The fourth-order valence-corrected chi connectivity index (χ4v) is 2.62. The van der Waals surface area contributed by atoms with Crippen molar-refractivity contribution >= 4 is 15.9 Å². The highest BCUT2D eigenvalue weighted by molar-refractivity contribution is 9.10. The Hall–Kier alpha value is -1.32. The molecule has 0 amide bonds. The number of ether oxygens (including phenoxy) is 1. The first-order valence-corrected chi connectivity index (χ1v) is 7.52. The summed E-state index contributed by atoms with van der Waals surface area (Å²) in [5, 5.41) is 3.17. The lowest BCUT2D eigenvalue weighted by Crippen LogP contribution is -2.08. The Morgan fingerprint density at radius 3 is 2.60 bits per heavy atom. The fourth-order valence-electron chi connectivity index (χ4n) is 2.09. The molecule has 2 nitrogen and oxygen atoms in total. The Balaban J connectivity index is 2.15. The number of hydrogen-bond donors (Lipinski definition) is 1. The van der Waals surface area contributed by atoms with Crippen LogP contribution in [0.1, 0.15) is 22.3 Å². The standard InChI is InChI=1S/C17H20BrNO/c1-12-7-8-14(9-13(12)2)11-20-17-15(10-19-3)5-4-6-16(17)18/h4-9,19H,10-11H2,1-3H3. The van der Waals surface area contributed by atoms with Gasteiger partial charge in [0, 0.05) is 12.1 Å². The quantitative estimate of drug-likeness (QED) is 0.877. The molecule has 2 rings (SSSR count). The number of nitrogens with one attached hydrogen (secondary N) is 1. The van der Waals surface area contributed by atoms with Gasteiger partial charge >= 0.3 is 0 Å². The predicted octanol–water partition coefficient (Wildman–Crippen LogP) is 4.36. The lowest BCUT2D eigenvalue weighted by molar-refractivity contribution is 0.300. The van der Waals surface area contributed by atoms with E-state index < -0.39 is 0 Å². The second kappa shape index (κ2) is 6.91. The van der Waals surface area contributed by atoms with Crippen molar-refractivity contribution in [2.24, 2.45) is 0 Å². The van der Waals surface area contributed by atoms with Gasteiger partial charge in [0.1, 0.15) is 12.4 Å². The summed E-state index contributed by atoms with van der Waals surface area (Å²) in [4.78, 5) is 0. The molecule has 2 aromatic rings. The molecule has 0 aliphatic carbocycles. The van der Waals surface area contributed by atoms with E-state index in [4.69, 9.17) is 4.74 Å². The Morgan fingerprint density at radius 2 is 1.90 bits per heavy atom. The maximum absolute atomic E-state index is 6.01. The van der Waals surface area contributed by atoms with Crippen molar-refractivity contribution in [1.29, 1.82) is 0 Å².